The number of hydrogen-bond acceptors (Lipinski definition) is 6. The van der Waals surface area contributed by atoms with Crippen LogP contribution in [0.1, 0.15) is 23.4 Å². The molecule has 1 fully saturated rings. The largest absolute Gasteiger partial charge is 0.497 e. The van der Waals surface area contributed by atoms with Gasteiger partial charge in [-0.1, -0.05) is 17.3 Å². The summed E-state index contributed by atoms with van der Waals surface area (Å²) in [7, 11) is 1.58. The number of carbonyl (C=O) groups excluding carboxylic acids is 2. The van der Waals surface area contributed by atoms with Crippen molar-refractivity contribution in [3.8, 4) is 5.75 Å². The fourth-order valence-corrected chi connectivity index (χ4v) is 3.18. The van der Waals surface area contributed by atoms with E-state index in [1.54, 1.807) is 20.1 Å². The molecule has 1 saturated heterocycles. The lowest BCUT2D eigenvalue weighted by Crippen LogP contribution is -2.46. The predicted molar refractivity (Wildman–Crippen MR) is 95.9 cm³/mol. The maximum absolute atomic E-state index is 12.6. The van der Waals surface area contributed by atoms with Crippen molar-refractivity contribution in [2.24, 2.45) is 0 Å². The molecule has 1 aromatic carbocycles. The van der Waals surface area contributed by atoms with Gasteiger partial charge < -0.3 is 24.6 Å². The number of aryl methyl sites for hydroxylation is 1. The Morgan fingerprint density at radius 1 is 1.41 bits per heavy atom. The third-order valence-electron chi connectivity index (χ3n) is 4.51. The Balaban J connectivity index is 1.62. The van der Waals surface area contributed by atoms with Gasteiger partial charge in [-0.15, -0.1) is 0 Å². The normalized spacial score (nSPS) is 19.1. The topological polar surface area (TPSA) is 105 Å². The number of aromatic nitrogens is 1. The summed E-state index contributed by atoms with van der Waals surface area (Å²) in [6.45, 7) is 2.21. The summed E-state index contributed by atoms with van der Waals surface area (Å²) in [6.07, 6.45) is -0.504. The fourth-order valence-electron chi connectivity index (χ4n) is 3.18. The Hall–Kier alpha value is -2.87. The third kappa shape index (κ3) is 4.65. The number of amides is 2. The molecular formula is C19H23N3O5. The highest BCUT2D eigenvalue weighted by atomic mass is 16.5. The first-order valence-electron chi connectivity index (χ1n) is 8.76. The smallest absolute Gasteiger partial charge is 0.243 e. The van der Waals surface area contributed by atoms with Crippen LogP contribution in [0.25, 0.3) is 0 Å². The lowest BCUT2D eigenvalue weighted by Gasteiger charge is -2.23. The summed E-state index contributed by atoms with van der Waals surface area (Å²) in [5.74, 6) is 0.576. The van der Waals surface area contributed by atoms with E-state index in [1.807, 2.05) is 24.3 Å². The summed E-state index contributed by atoms with van der Waals surface area (Å²) >= 11 is 0. The zero-order valence-corrected chi connectivity index (χ0v) is 15.3. The zero-order valence-electron chi connectivity index (χ0n) is 15.3. The maximum Gasteiger partial charge on any atom is 0.243 e. The molecule has 0 aliphatic carbocycles. The van der Waals surface area contributed by atoms with Gasteiger partial charge in [-0.2, -0.15) is 0 Å². The van der Waals surface area contributed by atoms with Crippen LogP contribution in [0, 0.1) is 6.92 Å². The van der Waals surface area contributed by atoms with Gasteiger partial charge in [0.05, 0.1) is 25.3 Å². The summed E-state index contributed by atoms with van der Waals surface area (Å²) in [5, 5.41) is 16.6. The molecule has 2 amide bonds. The van der Waals surface area contributed by atoms with Crippen LogP contribution in [0.5, 0.6) is 5.75 Å². The first-order valence-corrected chi connectivity index (χ1v) is 8.76. The molecule has 2 N–H and O–H groups in total. The number of ether oxygens (including phenoxy) is 1. The van der Waals surface area contributed by atoms with Crippen LogP contribution in [0.2, 0.25) is 0 Å². The predicted octanol–water partition coefficient (Wildman–Crippen LogP) is 0.812. The molecule has 27 heavy (non-hydrogen) atoms. The molecule has 2 unspecified atom stereocenters. The second-order valence-electron chi connectivity index (χ2n) is 6.63. The van der Waals surface area contributed by atoms with Crippen LogP contribution in [0.15, 0.2) is 34.9 Å². The van der Waals surface area contributed by atoms with E-state index in [-0.39, 0.29) is 31.2 Å². The van der Waals surface area contributed by atoms with Gasteiger partial charge in [0.2, 0.25) is 11.8 Å². The number of benzene rings is 1. The highest BCUT2D eigenvalue weighted by Gasteiger charge is 2.38. The Bertz CT molecular complexity index is 819. The number of methoxy groups -OCH3 is 1. The number of aliphatic hydroxyl groups is 1. The van der Waals surface area contributed by atoms with Crippen LogP contribution in [-0.2, 0) is 22.6 Å². The van der Waals surface area contributed by atoms with E-state index in [0.717, 1.165) is 5.56 Å². The Morgan fingerprint density at radius 2 is 2.22 bits per heavy atom. The molecule has 1 aliphatic heterocycles. The van der Waals surface area contributed by atoms with Gasteiger partial charge in [0.1, 0.15) is 17.6 Å². The summed E-state index contributed by atoms with van der Waals surface area (Å²) in [4.78, 5) is 26.6. The van der Waals surface area contributed by atoms with Crippen molar-refractivity contribution in [2.45, 2.75) is 38.5 Å². The van der Waals surface area contributed by atoms with Crippen molar-refractivity contribution in [1.29, 1.82) is 0 Å². The number of rotatable bonds is 6. The number of aliphatic hydroxyl groups excluding tert-OH is 1. The van der Waals surface area contributed by atoms with E-state index < -0.39 is 12.1 Å². The third-order valence-corrected chi connectivity index (χ3v) is 4.51. The Labute approximate surface area is 157 Å². The Morgan fingerprint density at radius 3 is 2.93 bits per heavy atom. The molecular weight excluding hydrogens is 350 g/mol. The first-order chi connectivity index (χ1) is 13.0. The van der Waals surface area contributed by atoms with Crippen molar-refractivity contribution in [3.05, 3.63) is 47.3 Å². The molecule has 0 saturated carbocycles. The van der Waals surface area contributed by atoms with Crippen molar-refractivity contribution in [3.63, 3.8) is 0 Å². The van der Waals surface area contributed by atoms with E-state index in [0.29, 0.717) is 23.7 Å². The van der Waals surface area contributed by atoms with Crippen molar-refractivity contribution in [2.75, 3.05) is 13.7 Å². The van der Waals surface area contributed by atoms with Gasteiger partial charge >= 0.3 is 0 Å². The minimum absolute atomic E-state index is 0.00717. The molecule has 0 spiro atoms. The van der Waals surface area contributed by atoms with Crippen LogP contribution in [0.4, 0.5) is 0 Å². The van der Waals surface area contributed by atoms with E-state index in [9.17, 15) is 14.7 Å². The van der Waals surface area contributed by atoms with Gasteiger partial charge in [-0.25, -0.2) is 0 Å². The molecule has 8 nitrogen and oxygen atoms in total. The van der Waals surface area contributed by atoms with Crippen LogP contribution in [-0.4, -0.2) is 52.8 Å². The van der Waals surface area contributed by atoms with E-state index in [4.69, 9.17) is 9.26 Å². The second-order valence-corrected chi connectivity index (χ2v) is 6.63. The second kappa shape index (κ2) is 8.22. The Kier molecular flexibility index (Phi) is 5.75. The van der Waals surface area contributed by atoms with E-state index >= 15 is 0 Å². The molecule has 1 aliphatic rings. The summed E-state index contributed by atoms with van der Waals surface area (Å²) in [5.41, 5.74) is 1.57. The quantitative estimate of drug-likeness (QED) is 0.777. The highest BCUT2D eigenvalue weighted by molar-refractivity contribution is 5.89. The van der Waals surface area contributed by atoms with Crippen molar-refractivity contribution in [1.82, 2.24) is 15.4 Å². The molecule has 1 aromatic heterocycles. The molecule has 144 valence electrons. The van der Waals surface area contributed by atoms with Gasteiger partial charge in [0, 0.05) is 25.6 Å². The van der Waals surface area contributed by atoms with Crippen molar-refractivity contribution < 1.29 is 24.0 Å². The fraction of sp³-hybridized carbons (Fsp3) is 0.421. The van der Waals surface area contributed by atoms with Crippen LogP contribution < -0.4 is 10.1 Å². The van der Waals surface area contributed by atoms with Crippen LogP contribution in [0.3, 0.4) is 0 Å². The zero-order chi connectivity index (χ0) is 19.4. The minimum Gasteiger partial charge on any atom is -0.497 e. The molecule has 2 atom stereocenters. The minimum atomic E-state index is -0.724. The molecule has 2 aromatic rings. The standard InChI is InChI=1S/C19H23N3O5/c1-12-6-16(27-21-12)9-18(24)22-11-14(23)8-17(22)19(25)20-10-13-4-3-5-15(7-13)26-2/h3-7,14,17,23H,8-11H2,1-2H3,(H,20,25). The van der Waals surface area contributed by atoms with E-state index in [1.165, 1.54) is 4.90 Å². The first kappa shape index (κ1) is 18.9. The number of nitrogens with zero attached hydrogens (tertiary/aromatic N) is 2. The number of nitrogens with one attached hydrogen (secondary N) is 1. The highest BCUT2D eigenvalue weighted by Crippen LogP contribution is 2.20. The van der Waals surface area contributed by atoms with Gasteiger partial charge in [-0.3, -0.25) is 9.59 Å². The molecule has 2 heterocycles. The van der Waals surface area contributed by atoms with Crippen LogP contribution >= 0.6 is 0 Å². The number of likely N-dealkylation sites (tertiary alicyclic amines) is 1. The lowest BCUT2D eigenvalue weighted by atomic mass is 10.1. The maximum atomic E-state index is 12.6. The van der Waals surface area contributed by atoms with Gasteiger partial charge in [0.25, 0.3) is 0 Å². The monoisotopic (exact) mass is 373 g/mol. The van der Waals surface area contributed by atoms with Gasteiger partial charge in [-0.05, 0) is 24.6 Å². The molecule has 3 rings (SSSR count). The van der Waals surface area contributed by atoms with E-state index in [2.05, 4.69) is 10.5 Å². The molecule has 8 heteroatoms. The molecule has 0 radical (unpaired) electrons. The number of hydrogen-bond donors (Lipinski definition) is 2. The lowest BCUT2D eigenvalue weighted by molar-refractivity contribution is -0.138. The summed E-state index contributed by atoms with van der Waals surface area (Å²) < 4.78 is 10.2. The SMILES string of the molecule is COc1cccc(CNC(=O)C2CC(O)CN2C(=O)Cc2cc(C)no2)c1. The number of β-amino-alcohol motifs (C(OH)–C–C–N with tert-alkyl or cyclic N) is 1. The molecule has 0 bridgehead atoms. The van der Waals surface area contributed by atoms with Gasteiger partial charge in [0.15, 0.2) is 0 Å². The number of carbonyl (C=O) groups is 2. The average molecular weight is 373 g/mol. The van der Waals surface area contributed by atoms with Crippen molar-refractivity contribution >= 4 is 11.8 Å². The summed E-state index contributed by atoms with van der Waals surface area (Å²) in [6, 6.07) is 8.35. The average Bonchev–Trinajstić information content (AvgIpc) is 3.25.